The average molecular weight is 646 g/mol. The van der Waals surface area contributed by atoms with E-state index in [2.05, 4.69) is 0 Å². The third kappa shape index (κ3) is 7.41. The fraction of sp³-hybridized carbons (Fsp3) is 0.312. The molecule has 0 spiro atoms. The molecule has 43 heavy (non-hydrogen) atoms. The fourth-order valence-electron chi connectivity index (χ4n) is 4.71. The molecule has 0 N–H and O–H groups in total. The Balaban J connectivity index is 1.69. The number of ether oxygens (including phenoxy) is 1. The average Bonchev–Trinajstić information content (AvgIpc) is 3.48. The molecule has 228 valence electrons. The summed E-state index contributed by atoms with van der Waals surface area (Å²) >= 11 is 12.3. The molecule has 0 fully saturated rings. The molecule has 0 atom stereocenters. The Morgan fingerprint density at radius 2 is 1.72 bits per heavy atom. The summed E-state index contributed by atoms with van der Waals surface area (Å²) in [4.78, 5) is 27.9. The fourth-order valence-corrected chi connectivity index (χ4v) is 6.43. The van der Waals surface area contributed by atoms with E-state index in [-0.39, 0.29) is 47.6 Å². The minimum atomic E-state index is -3.96. The van der Waals surface area contributed by atoms with E-state index in [1.165, 1.54) is 10.4 Å². The summed E-state index contributed by atoms with van der Waals surface area (Å²) in [5, 5.41) is 0.675. The van der Waals surface area contributed by atoms with Gasteiger partial charge in [-0.1, -0.05) is 60.8 Å². The van der Waals surface area contributed by atoms with Crippen LogP contribution in [0.2, 0.25) is 10.0 Å². The minimum absolute atomic E-state index is 0.00179. The number of carbonyl (C=O) groups excluding carboxylic acids is 2. The number of benzene rings is 2. The first-order valence-corrected chi connectivity index (χ1v) is 16.0. The third-order valence-electron chi connectivity index (χ3n) is 6.84. The lowest BCUT2D eigenvalue weighted by Gasteiger charge is -2.22. The highest BCUT2D eigenvalue weighted by Crippen LogP contribution is 2.33. The van der Waals surface area contributed by atoms with Crippen molar-refractivity contribution in [1.82, 2.24) is 9.21 Å². The summed E-state index contributed by atoms with van der Waals surface area (Å²) in [5.41, 5.74) is 2.44. The first-order chi connectivity index (χ1) is 20.3. The second kappa shape index (κ2) is 13.5. The second-order valence-electron chi connectivity index (χ2n) is 10.7. The Kier molecular flexibility index (Phi) is 10.2. The second-order valence-corrected chi connectivity index (χ2v) is 13.4. The molecule has 4 rings (SSSR count). The van der Waals surface area contributed by atoms with Crippen LogP contribution in [0.15, 0.2) is 80.8 Å². The van der Waals surface area contributed by atoms with Crippen LogP contribution < -0.4 is 0 Å². The Morgan fingerprint density at radius 3 is 2.35 bits per heavy atom. The maximum Gasteiger partial charge on any atom is 0.340 e. The number of hydrogen-bond donors (Lipinski definition) is 0. The molecule has 11 heteroatoms. The van der Waals surface area contributed by atoms with E-state index in [1.54, 1.807) is 73.3 Å². The Bertz CT molecular complexity index is 1690. The van der Waals surface area contributed by atoms with Gasteiger partial charge in [-0.2, -0.15) is 4.31 Å². The molecule has 1 aliphatic heterocycles. The van der Waals surface area contributed by atoms with Crippen molar-refractivity contribution >= 4 is 51.2 Å². The number of amides is 1. The van der Waals surface area contributed by atoms with Crippen LogP contribution in [-0.4, -0.2) is 42.7 Å². The standard InChI is InChI=1S/C32H34Cl2N2O6S/c1-6-41-32(38)30-22(5)36(17-20(2)3)31(37)27(30)16-24-10-11-25(42-24)19-35(18-23-9-14-28(33)29(34)15-23)43(39,40)26-12-7-21(4)8-13-26/h7-16,20H,6,17-19H2,1-5H3/b27-16+. The molecule has 3 aromatic rings. The van der Waals surface area contributed by atoms with Gasteiger partial charge in [0.1, 0.15) is 11.5 Å². The summed E-state index contributed by atoms with van der Waals surface area (Å²) in [5.74, 6) is -0.106. The molecule has 1 aromatic heterocycles. The smallest absolute Gasteiger partial charge is 0.340 e. The molecule has 0 saturated heterocycles. The number of hydrogen-bond acceptors (Lipinski definition) is 6. The number of furan rings is 1. The van der Waals surface area contributed by atoms with E-state index >= 15 is 0 Å². The summed E-state index contributed by atoms with van der Waals surface area (Å²) in [6, 6.07) is 14.8. The van der Waals surface area contributed by atoms with Crippen molar-refractivity contribution in [2.45, 2.75) is 52.6 Å². The lowest BCUT2D eigenvalue weighted by molar-refractivity contribution is -0.138. The predicted octanol–water partition coefficient (Wildman–Crippen LogP) is 7.00. The van der Waals surface area contributed by atoms with Gasteiger partial charge in [0.05, 0.1) is 39.2 Å². The number of esters is 1. The monoisotopic (exact) mass is 644 g/mol. The van der Waals surface area contributed by atoms with Crippen molar-refractivity contribution in [3.63, 3.8) is 0 Å². The van der Waals surface area contributed by atoms with Crippen molar-refractivity contribution in [3.05, 3.63) is 104 Å². The Labute approximate surface area is 262 Å². The van der Waals surface area contributed by atoms with Gasteiger partial charge in [-0.05, 0) is 74.7 Å². The topological polar surface area (TPSA) is 97.1 Å². The van der Waals surface area contributed by atoms with E-state index in [4.69, 9.17) is 32.4 Å². The third-order valence-corrected chi connectivity index (χ3v) is 9.39. The molecular formula is C32H34Cl2N2O6S. The lowest BCUT2D eigenvalue weighted by atomic mass is 10.1. The van der Waals surface area contributed by atoms with Crippen LogP contribution in [-0.2, 0) is 37.4 Å². The van der Waals surface area contributed by atoms with Crippen LogP contribution in [0.5, 0.6) is 0 Å². The Hall–Kier alpha value is -3.37. The van der Waals surface area contributed by atoms with Gasteiger partial charge in [0.25, 0.3) is 5.91 Å². The normalized spacial score (nSPS) is 15.0. The van der Waals surface area contributed by atoms with Gasteiger partial charge >= 0.3 is 5.97 Å². The summed E-state index contributed by atoms with van der Waals surface area (Å²) < 4.78 is 40.1. The molecule has 1 amide bonds. The SMILES string of the molecule is CCOC(=O)C1=C(C)N(CC(C)C)C(=O)/C1=C/c1ccc(CN(Cc2ccc(Cl)c(Cl)c2)S(=O)(=O)c2ccc(C)cc2)o1. The molecule has 0 unspecified atom stereocenters. The van der Waals surface area contributed by atoms with Gasteiger partial charge < -0.3 is 14.1 Å². The van der Waals surface area contributed by atoms with Crippen LogP contribution in [0, 0.1) is 12.8 Å². The first-order valence-electron chi connectivity index (χ1n) is 13.8. The molecule has 2 heterocycles. The number of sulfonamides is 1. The minimum Gasteiger partial charge on any atom is -0.462 e. The summed E-state index contributed by atoms with van der Waals surface area (Å²) in [6.45, 7) is 9.77. The summed E-state index contributed by atoms with van der Waals surface area (Å²) in [7, 11) is -3.96. The Morgan fingerprint density at radius 1 is 1.02 bits per heavy atom. The van der Waals surface area contributed by atoms with Crippen LogP contribution >= 0.6 is 23.2 Å². The van der Waals surface area contributed by atoms with Gasteiger partial charge in [-0.15, -0.1) is 0 Å². The van der Waals surface area contributed by atoms with Crippen LogP contribution in [0.4, 0.5) is 0 Å². The van der Waals surface area contributed by atoms with Gasteiger partial charge in [-0.3, -0.25) is 4.79 Å². The van der Waals surface area contributed by atoms with E-state index < -0.39 is 16.0 Å². The van der Waals surface area contributed by atoms with Crippen LogP contribution in [0.1, 0.15) is 50.3 Å². The molecule has 2 aromatic carbocycles. The zero-order valence-electron chi connectivity index (χ0n) is 24.7. The highest BCUT2D eigenvalue weighted by molar-refractivity contribution is 7.89. The van der Waals surface area contributed by atoms with E-state index in [0.717, 1.165) is 5.56 Å². The zero-order chi connectivity index (χ0) is 31.5. The van der Waals surface area contributed by atoms with Gasteiger partial charge in [0.15, 0.2) is 0 Å². The largest absolute Gasteiger partial charge is 0.462 e. The number of rotatable bonds is 11. The van der Waals surface area contributed by atoms with Gasteiger partial charge in [-0.25, -0.2) is 13.2 Å². The maximum atomic E-state index is 13.8. The number of aryl methyl sites for hydroxylation is 1. The van der Waals surface area contributed by atoms with Crippen molar-refractivity contribution in [2.24, 2.45) is 5.92 Å². The molecule has 0 saturated carbocycles. The van der Waals surface area contributed by atoms with Crippen LogP contribution in [0.25, 0.3) is 6.08 Å². The first kappa shape index (κ1) is 32.5. The molecule has 8 nitrogen and oxygen atoms in total. The van der Waals surface area contributed by atoms with Crippen molar-refractivity contribution in [2.75, 3.05) is 13.2 Å². The number of carbonyl (C=O) groups is 2. The van der Waals surface area contributed by atoms with E-state index in [9.17, 15) is 18.0 Å². The maximum absolute atomic E-state index is 13.8. The highest BCUT2D eigenvalue weighted by atomic mass is 35.5. The zero-order valence-corrected chi connectivity index (χ0v) is 27.0. The van der Waals surface area contributed by atoms with Crippen molar-refractivity contribution in [3.8, 4) is 0 Å². The van der Waals surface area contributed by atoms with Crippen molar-refractivity contribution in [1.29, 1.82) is 0 Å². The van der Waals surface area contributed by atoms with Gasteiger partial charge in [0.2, 0.25) is 10.0 Å². The van der Waals surface area contributed by atoms with Gasteiger partial charge in [0, 0.05) is 18.8 Å². The molecule has 1 aliphatic rings. The van der Waals surface area contributed by atoms with E-state index in [1.807, 2.05) is 20.8 Å². The quantitative estimate of drug-likeness (QED) is 0.165. The van der Waals surface area contributed by atoms with E-state index in [0.29, 0.717) is 39.4 Å². The predicted molar refractivity (Wildman–Crippen MR) is 167 cm³/mol. The number of halogens is 2. The number of allylic oxidation sites excluding steroid dienone is 1. The summed E-state index contributed by atoms with van der Waals surface area (Å²) in [6.07, 6.45) is 1.50. The molecule has 0 bridgehead atoms. The molecule has 0 aliphatic carbocycles. The van der Waals surface area contributed by atoms with Crippen LogP contribution in [0.3, 0.4) is 0 Å². The molecule has 0 radical (unpaired) electrons. The van der Waals surface area contributed by atoms with Crippen molar-refractivity contribution < 1.29 is 27.2 Å². The lowest BCUT2D eigenvalue weighted by Crippen LogP contribution is -2.30. The number of nitrogens with zero attached hydrogens (tertiary/aromatic N) is 2. The molecular weight excluding hydrogens is 611 g/mol. The highest BCUT2D eigenvalue weighted by Gasteiger charge is 2.37.